The minimum atomic E-state index is -4.70. The number of rotatable bonds is 8. The monoisotopic (exact) mass is 526 g/mol. The van der Waals surface area contributed by atoms with Gasteiger partial charge in [-0.25, -0.2) is 8.42 Å². The van der Waals surface area contributed by atoms with Crippen molar-refractivity contribution in [1.82, 2.24) is 10.2 Å². The second-order valence-electron chi connectivity index (χ2n) is 7.07. The molecule has 0 bridgehead atoms. The molecular formula is C22H18ClF3N4O4S. The normalized spacial score (nSPS) is 12.6. The summed E-state index contributed by atoms with van der Waals surface area (Å²) < 4.78 is 74.9. The Kier molecular flexibility index (Phi) is 7.36. The summed E-state index contributed by atoms with van der Waals surface area (Å²) in [5, 5.41) is 18.0. The molecule has 0 saturated heterocycles. The Hall–Kier alpha value is -3.64. The topological polar surface area (TPSA) is 118 Å². The number of para-hydroxylation sites is 1. The van der Waals surface area contributed by atoms with Gasteiger partial charge in [-0.15, -0.1) is 10.2 Å². The SMILES string of the molecule is C=C(OC)C(=N)/C(Cl)=C(\Nc1ccccc1C(F)(F)F)c1nnc(-c2cccc(S(C)(=O)=O)c2)o1. The Morgan fingerprint density at radius 1 is 1.17 bits per heavy atom. The zero-order valence-electron chi connectivity index (χ0n) is 18.3. The van der Waals surface area contributed by atoms with E-state index < -0.39 is 32.3 Å². The molecule has 0 unspecified atom stereocenters. The average Bonchev–Trinajstić information content (AvgIpc) is 3.30. The fraction of sp³-hybridized carbons (Fsp3) is 0.136. The van der Waals surface area contributed by atoms with Gasteiger partial charge in [0, 0.05) is 11.8 Å². The van der Waals surface area contributed by atoms with E-state index in [-0.39, 0.29) is 39.4 Å². The summed E-state index contributed by atoms with van der Waals surface area (Å²) in [5.74, 6) is -0.658. The molecule has 0 aliphatic rings. The highest BCUT2D eigenvalue weighted by molar-refractivity contribution is 7.90. The van der Waals surface area contributed by atoms with Gasteiger partial charge >= 0.3 is 6.18 Å². The Labute approximate surface area is 203 Å². The van der Waals surface area contributed by atoms with Gasteiger partial charge < -0.3 is 14.5 Å². The molecule has 8 nitrogen and oxygen atoms in total. The standard InChI is InChI=1S/C22H18ClF3N4O4S/c1-12(33-2)18(27)17(23)19(28-16-10-5-4-9-15(16)22(24,25)26)21-30-29-20(34-21)13-7-6-8-14(11-13)35(3,31)32/h4-11,27-28H,1H2,2-3H3/b19-17+,27-18?. The van der Waals surface area contributed by atoms with Gasteiger partial charge in [-0.2, -0.15) is 13.2 Å². The minimum absolute atomic E-state index is 0.000973. The van der Waals surface area contributed by atoms with Crippen LogP contribution < -0.4 is 5.32 Å². The van der Waals surface area contributed by atoms with Gasteiger partial charge in [0.15, 0.2) is 9.84 Å². The quantitative estimate of drug-likeness (QED) is 0.299. The smallest absolute Gasteiger partial charge is 0.418 e. The van der Waals surface area contributed by atoms with Gasteiger partial charge in [-0.1, -0.05) is 36.4 Å². The van der Waals surface area contributed by atoms with Crippen LogP contribution in [0.5, 0.6) is 0 Å². The fourth-order valence-corrected chi connectivity index (χ4v) is 3.73. The molecule has 1 aromatic heterocycles. The summed E-state index contributed by atoms with van der Waals surface area (Å²) in [4.78, 5) is -0.000973. The maximum Gasteiger partial charge on any atom is 0.418 e. The van der Waals surface area contributed by atoms with Crippen LogP contribution in [0.4, 0.5) is 18.9 Å². The first-order chi connectivity index (χ1) is 16.3. The molecule has 13 heteroatoms. The minimum Gasteiger partial charge on any atom is -0.495 e. The molecule has 0 atom stereocenters. The predicted molar refractivity (Wildman–Crippen MR) is 125 cm³/mol. The third-order valence-corrected chi connectivity index (χ3v) is 6.09. The van der Waals surface area contributed by atoms with Crippen LogP contribution in [0.15, 0.2) is 75.2 Å². The molecule has 2 aromatic carbocycles. The molecule has 184 valence electrons. The van der Waals surface area contributed by atoms with Crippen molar-refractivity contribution in [1.29, 1.82) is 5.41 Å². The third kappa shape index (κ3) is 5.89. The molecule has 0 radical (unpaired) electrons. The van der Waals surface area contributed by atoms with Crippen LogP contribution in [0.25, 0.3) is 17.2 Å². The number of hydrogen-bond donors (Lipinski definition) is 2. The molecule has 0 saturated carbocycles. The summed E-state index contributed by atoms with van der Waals surface area (Å²) in [5.41, 5.74) is -1.90. The maximum atomic E-state index is 13.5. The zero-order valence-corrected chi connectivity index (χ0v) is 19.8. The van der Waals surface area contributed by atoms with Gasteiger partial charge in [-0.05, 0) is 30.3 Å². The summed E-state index contributed by atoms with van der Waals surface area (Å²) >= 11 is 6.33. The Morgan fingerprint density at radius 3 is 2.49 bits per heavy atom. The van der Waals surface area contributed by atoms with E-state index in [4.69, 9.17) is 26.2 Å². The number of methoxy groups -OCH3 is 1. The van der Waals surface area contributed by atoms with Crippen molar-refractivity contribution in [3.8, 4) is 11.5 Å². The van der Waals surface area contributed by atoms with Crippen molar-refractivity contribution in [2.75, 3.05) is 18.7 Å². The first-order valence-electron chi connectivity index (χ1n) is 9.62. The van der Waals surface area contributed by atoms with Crippen molar-refractivity contribution in [3.05, 3.63) is 77.4 Å². The van der Waals surface area contributed by atoms with E-state index in [0.29, 0.717) is 0 Å². The van der Waals surface area contributed by atoms with Crippen LogP contribution >= 0.6 is 11.6 Å². The van der Waals surface area contributed by atoms with E-state index in [9.17, 15) is 21.6 Å². The van der Waals surface area contributed by atoms with Crippen molar-refractivity contribution in [2.45, 2.75) is 11.1 Å². The molecular weight excluding hydrogens is 509 g/mol. The fourth-order valence-electron chi connectivity index (χ4n) is 2.83. The lowest BCUT2D eigenvalue weighted by Crippen LogP contribution is -2.13. The molecule has 1 heterocycles. The Bertz CT molecular complexity index is 1430. The van der Waals surface area contributed by atoms with E-state index in [0.717, 1.165) is 18.4 Å². The summed E-state index contributed by atoms with van der Waals surface area (Å²) in [6.45, 7) is 3.52. The van der Waals surface area contributed by atoms with Crippen molar-refractivity contribution >= 4 is 38.5 Å². The van der Waals surface area contributed by atoms with Crippen LogP contribution in [0.3, 0.4) is 0 Å². The lowest BCUT2D eigenvalue weighted by Gasteiger charge is -2.16. The van der Waals surface area contributed by atoms with Gasteiger partial charge in [0.2, 0.25) is 5.89 Å². The van der Waals surface area contributed by atoms with Crippen LogP contribution in [0.2, 0.25) is 0 Å². The lowest BCUT2D eigenvalue weighted by atomic mass is 10.1. The number of hydrogen-bond acceptors (Lipinski definition) is 8. The van der Waals surface area contributed by atoms with E-state index in [2.05, 4.69) is 22.1 Å². The second-order valence-corrected chi connectivity index (χ2v) is 9.47. The number of sulfone groups is 1. The number of nitrogens with zero attached hydrogens (tertiary/aromatic N) is 2. The van der Waals surface area contributed by atoms with Crippen molar-refractivity contribution in [2.24, 2.45) is 0 Å². The van der Waals surface area contributed by atoms with Gasteiger partial charge in [0.05, 0.1) is 28.3 Å². The molecule has 0 fully saturated rings. The van der Waals surface area contributed by atoms with E-state index in [1.54, 1.807) is 0 Å². The number of nitrogens with one attached hydrogen (secondary N) is 2. The zero-order chi connectivity index (χ0) is 26.0. The molecule has 3 rings (SSSR count). The summed E-state index contributed by atoms with van der Waals surface area (Å²) in [6, 6.07) is 10.3. The lowest BCUT2D eigenvalue weighted by molar-refractivity contribution is -0.136. The number of anilines is 1. The van der Waals surface area contributed by atoms with E-state index >= 15 is 0 Å². The van der Waals surface area contributed by atoms with Crippen LogP contribution in [0.1, 0.15) is 11.5 Å². The number of allylic oxidation sites excluding steroid dienone is 1. The van der Waals surface area contributed by atoms with Crippen LogP contribution in [0, 0.1) is 5.41 Å². The molecule has 2 N–H and O–H groups in total. The maximum absolute atomic E-state index is 13.5. The number of ether oxygens (including phenoxy) is 1. The van der Waals surface area contributed by atoms with Gasteiger partial charge in [-0.3, -0.25) is 5.41 Å². The molecule has 0 aliphatic carbocycles. The van der Waals surface area contributed by atoms with Crippen LogP contribution in [-0.2, 0) is 20.8 Å². The molecule has 0 amide bonds. The van der Waals surface area contributed by atoms with Gasteiger partial charge in [0.25, 0.3) is 5.89 Å². The number of alkyl halides is 3. The van der Waals surface area contributed by atoms with E-state index in [1.165, 1.54) is 43.5 Å². The molecule has 35 heavy (non-hydrogen) atoms. The highest BCUT2D eigenvalue weighted by Crippen LogP contribution is 2.37. The third-order valence-electron chi connectivity index (χ3n) is 4.60. The largest absolute Gasteiger partial charge is 0.495 e. The number of aromatic nitrogens is 2. The number of halogens is 4. The summed E-state index contributed by atoms with van der Waals surface area (Å²) in [7, 11) is -2.29. The highest BCUT2D eigenvalue weighted by atomic mass is 35.5. The first kappa shape index (κ1) is 26.0. The van der Waals surface area contributed by atoms with Gasteiger partial charge in [0.1, 0.15) is 17.2 Å². The highest BCUT2D eigenvalue weighted by Gasteiger charge is 2.34. The van der Waals surface area contributed by atoms with Crippen LogP contribution in [-0.4, -0.2) is 37.7 Å². The average molecular weight is 527 g/mol. The molecule has 0 spiro atoms. The Balaban J connectivity index is 2.14. The Morgan fingerprint density at radius 2 is 1.86 bits per heavy atom. The predicted octanol–water partition coefficient (Wildman–Crippen LogP) is 5.36. The first-order valence-corrected chi connectivity index (χ1v) is 11.9. The van der Waals surface area contributed by atoms with Crippen molar-refractivity contribution in [3.63, 3.8) is 0 Å². The second kappa shape index (κ2) is 9.92. The van der Waals surface area contributed by atoms with E-state index in [1.807, 2.05) is 0 Å². The molecule has 0 aliphatic heterocycles. The molecule has 3 aromatic rings. The summed E-state index contributed by atoms with van der Waals surface area (Å²) in [6.07, 6.45) is -3.67. The number of benzene rings is 2. The van der Waals surface area contributed by atoms with Crippen molar-refractivity contribution < 1.29 is 30.7 Å².